The quantitative estimate of drug-likeness (QED) is 0.197. The summed E-state index contributed by atoms with van der Waals surface area (Å²) in [5.41, 5.74) is 0. The van der Waals surface area contributed by atoms with Gasteiger partial charge in [0.2, 0.25) is 0 Å². The van der Waals surface area contributed by atoms with E-state index in [9.17, 15) is 0 Å². The second kappa shape index (κ2) is 42.7. The molecule has 2 radical (unpaired) electrons. The first-order valence-corrected chi connectivity index (χ1v) is 4.00. The number of hydrogen-bond acceptors (Lipinski definition) is 8. The minimum absolute atomic E-state index is 0. The van der Waals surface area contributed by atoms with Gasteiger partial charge in [-0.25, -0.2) is 0 Å². The van der Waals surface area contributed by atoms with Gasteiger partial charge in [-0.05, 0) is 0 Å². The third-order valence-corrected chi connectivity index (χ3v) is 0. The summed E-state index contributed by atoms with van der Waals surface area (Å²) in [5, 5.41) is 0. The van der Waals surface area contributed by atoms with Crippen LogP contribution in [-0.2, 0) is 102 Å². The largest absolute Gasteiger partial charge is 4.00 e. The van der Waals surface area contributed by atoms with E-state index in [2.05, 4.69) is 0 Å². The molecule has 0 aromatic heterocycles. The molecule has 0 amide bonds. The average molecular weight is 440 g/mol. The van der Waals surface area contributed by atoms with Crippen molar-refractivity contribution >= 4 is 20.8 Å². The molecule has 0 fully saturated rings. The van der Waals surface area contributed by atoms with Crippen LogP contribution < -0.4 is 0 Å². The van der Waals surface area contributed by atoms with E-state index in [1.807, 2.05) is 0 Å². The summed E-state index contributed by atoms with van der Waals surface area (Å²) in [6.07, 6.45) is 0. The van der Waals surface area contributed by atoms with Gasteiger partial charge in [0.05, 0.1) is 0 Å². The molecule has 0 aliphatic heterocycles. The summed E-state index contributed by atoms with van der Waals surface area (Å²) in [6, 6.07) is 0. The van der Waals surface area contributed by atoms with Gasteiger partial charge in [-0.15, -0.1) is 0 Å². The molecule has 0 aliphatic rings. The van der Waals surface area contributed by atoms with Crippen LogP contribution in [0.1, 0.15) is 0 Å². The zero-order valence-electron chi connectivity index (χ0n) is 9.26. The molecule has 0 saturated carbocycles. The fraction of sp³-hybridized carbons (Fsp3) is 0. The molecule has 0 aromatic carbocycles. The Balaban J connectivity index is -0.00000000427. The fourth-order valence-electron chi connectivity index (χ4n) is 0. The van der Waals surface area contributed by atoms with E-state index in [1.54, 1.807) is 0 Å². The van der Waals surface area contributed by atoms with E-state index in [0.29, 0.717) is 0 Å². The predicted octanol–water partition coefficient (Wildman–Crippen LogP) is -8.45. The molecule has 20 heteroatoms. The van der Waals surface area contributed by atoms with Crippen molar-refractivity contribution in [3.63, 3.8) is 0 Å². The zero-order valence-corrected chi connectivity index (χ0v) is 13.7. The van der Waals surface area contributed by atoms with Gasteiger partial charge >= 0.3 is 37.1 Å². The Hall–Kier alpha value is 0.589. The average Bonchev–Trinajstić information content (AvgIpc) is 1.12. The van der Waals surface area contributed by atoms with Crippen LogP contribution in [0.4, 0.5) is 0 Å². The SMILES string of the molecule is O=S(=O)([O-])[O-].O=S(=O)([O-])[O-].[O-2].[O-2].[OH3+].[OH3+].[OH3+].[OH3+].[OH3+].[OH3+].[V+4].[V+4]. The summed E-state index contributed by atoms with van der Waals surface area (Å²) in [7, 11) is -10.3. The van der Waals surface area contributed by atoms with Gasteiger partial charge in [0, 0.05) is 20.8 Å². The Bertz CT molecular complexity index is 215. The molecule has 0 heterocycles. The molecular weight excluding hydrogens is 422 g/mol. The van der Waals surface area contributed by atoms with Crippen molar-refractivity contribution in [2.45, 2.75) is 0 Å². The van der Waals surface area contributed by atoms with Crippen molar-refractivity contribution in [2.75, 3.05) is 0 Å². The summed E-state index contributed by atoms with van der Waals surface area (Å²) in [4.78, 5) is 0. The normalized spacial score (nSPS) is 5.80. The molecule has 0 aliphatic carbocycles. The van der Waals surface area contributed by atoms with Crippen molar-refractivity contribution in [3.8, 4) is 0 Å². The van der Waals surface area contributed by atoms with Crippen LogP contribution in [0, 0.1) is 0 Å². The van der Waals surface area contributed by atoms with E-state index < -0.39 is 20.8 Å². The van der Waals surface area contributed by atoms with Crippen LogP contribution in [0.5, 0.6) is 0 Å². The fourth-order valence-corrected chi connectivity index (χ4v) is 0. The molecule has 0 saturated heterocycles. The first-order chi connectivity index (χ1) is 4.00. The molecule has 0 spiro atoms. The topological polar surface area (TPSA) is 416 Å². The Labute approximate surface area is 137 Å². The summed E-state index contributed by atoms with van der Waals surface area (Å²) in [5.74, 6) is 0. The smallest absolute Gasteiger partial charge is 2.00 e. The molecule has 20 heavy (non-hydrogen) atoms. The van der Waals surface area contributed by atoms with E-state index >= 15 is 0 Å². The maximum Gasteiger partial charge on any atom is 4.00 e. The van der Waals surface area contributed by atoms with E-state index in [0.717, 1.165) is 0 Å². The minimum atomic E-state index is -5.17. The predicted molar refractivity (Wildman–Crippen MR) is 51.6 cm³/mol. The van der Waals surface area contributed by atoms with Crippen molar-refractivity contribution in [2.24, 2.45) is 0 Å². The molecule has 18 N–H and O–H groups in total. The van der Waals surface area contributed by atoms with Gasteiger partial charge in [0.25, 0.3) is 0 Å². The molecule has 0 unspecified atom stereocenters. The summed E-state index contributed by atoms with van der Waals surface area (Å²) in [6.45, 7) is 0. The maximum atomic E-state index is 8.52. The minimum Gasteiger partial charge on any atom is -2.00 e. The van der Waals surface area contributed by atoms with Gasteiger partial charge in [-0.3, -0.25) is 16.8 Å². The van der Waals surface area contributed by atoms with E-state index in [1.165, 1.54) is 0 Å². The van der Waals surface area contributed by atoms with Crippen molar-refractivity contribution < 1.29 is 116 Å². The third-order valence-electron chi connectivity index (χ3n) is 0. The second-order valence-corrected chi connectivity index (χ2v) is 2.45. The van der Waals surface area contributed by atoms with E-state index in [4.69, 9.17) is 35.0 Å². The maximum absolute atomic E-state index is 8.52. The molecule has 16 nitrogen and oxygen atoms in total. The molecular formula is H18O16S2V2+6. The summed E-state index contributed by atoms with van der Waals surface area (Å²) >= 11 is 0. The van der Waals surface area contributed by atoms with Crippen LogP contribution in [0.3, 0.4) is 0 Å². The Kier molecular flexibility index (Phi) is 229. The second-order valence-electron chi connectivity index (χ2n) is 0.816. The monoisotopic (exact) mass is 440 g/mol. The van der Waals surface area contributed by atoms with Gasteiger partial charge < -0.3 is 62.0 Å². The Morgan fingerprint density at radius 1 is 0.450 bits per heavy atom. The number of hydrogen-bond donors (Lipinski definition) is 0. The van der Waals surface area contributed by atoms with Crippen LogP contribution >= 0.6 is 0 Å². The van der Waals surface area contributed by atoms with Crippen molar-refractivity contribution in [1.82, 2.24) is 0 Å². The van der Waals surface area contributed by atoms with Crippen molar-refractivity contribution in [3.05, 3.63) is 0 Å². The van der Waals surface area contributed by atoms with Gasteiger partial charge in [-0.1, -0.05) is 0 Å². The molecule has 0 bridgehead atoms. The van der Waals surface area contributed by atoms with Crippen LogP contribution in [-0.4, -0.2) is 35.0 Å². The Morgan fingerprint density at radius 3 is 0.450 bits per heavy atom. The van der Waals surface area contributed by atoms with Crippen LogP contribution in [0.2, 0.25) is 0 Å². The third kappa shape index (κ3) is 16600. The number of rotatable bonds is 0. The standard InChI is InChI=1S/2H2O4S.6H2O.2O.2V/c2*1-5(2,3)4;;;;;;;;;;/h2*(H2,1,2,3,4);6*1H2;;;;/q;;;;;;;;2*-2;2*+4/p+2. The van der Waals surface area contributed by atoms with Gasteiger partial charge in [-0.2, -0.15) is 0 Å². The summed E-state index contributed by atoms with van der Waals surface area (Å²) < 4.78 is 68.2. The molecule has 0 rings (SSSR count). The van der Waals surface area contributed by atoms with Crippen molar-refractivity contribution in [1.29, 1.82) is 0 Å². The molecule has 130 valence electrons. The zero-order chi connectivity index (χ0) is 9.00. The van der Waals surface area contributed by atoms with E-state index in [-0.39, 0.29) is 80.9 Å². The first-order valence-electron chi connectivity index (χ1n) is 1.33. The van der Waals surface area contributed by atoms with Gasteiger partial charge in [0.15, 0.2) is 0 Å². The Morgan fingerprint density at radius 2 is 0.450 bits per heavy atom. The van der Waals surface area contributed by atoms with Crippen LogP contribution in [0.15, 0.2) is 0 Å². The molecule has 0 aromatic rings. The van der Waals surface area contributed by atoms with Gasteiger partial charge in [0.1, 0.15) is 0 Å². The van der Waals surface area contributed by atoms with Crippen LogP contribution in [0.25, 0.3) is 0 Å². The molecule has 0 atom stereocenters. The first kappa shape index (κ1) is 107.